The first-order valence-corrected chi connectivity index (χ1v) is 6.76. The number of nitrogens with one attached hydrogen (secondary N) is 1. The predicted molar refractivity (Wildman–Crippen MR) is 76.9 cm³/mol. The Bertz CT molecular complexity index is 621. The van der Waals surface area contributed by atoms with Crippen molar-refractivity contribution in [3.05, 3.63) is 47.0 Å². The average molecular weight is 272 g/mol. The van der Waals surface area contributed by atoms with E-state index in [0.717, 1.165) is 35.6 Å². The SMILES string of the molecule is Cc1c(N)nc(C2CC2)nc1NCc1ccc(F)cc1. The van der Waals surface area contributed by atoms with Crippen LogP contribution in [0.2, 0.25) is 0 Å². The molecule has 1 aromatic heterocycles. The summed E-state index contributed by atoms with van der Waals surface area (Å²) >= 11 is 0. The number of nitrogens with two attached hydrogens (primary N) is 1. The molecule has 4 nitrogen and oxygen atoms in total. The summed E-state index contributed by atoms with van der Waals surface area (Å²) in [5.74, 6) is 2.36. The van der Waals surface area contributed by atoms with E-state index in [1.807, 2.05) is 6.92 Å². The van der Waals surface area contributed by atoms with Gasteiger partial charge in [0.1, 0.15) is 23.3 Å². The van der Waals surface area contributed by atoms with Crippen molar-refractivity contribution in [2.24, 2.45) is 0 Å². The lowest BCUT2D eigenvalue weighted by atomic mass is 10.2. The minimum absolute atomic E-state index is 0.229. The van der Waals surface area contributed by atoms with Crippen molar-refractivity contribution in [3.63, 3.8) is 0 Å². The van der Waals surface area contributed by atoms with Gasteiger partial charge in [0.2, 0.25) is 0 Å². The van der Waals surface area contributed by atoms with Gasteiger partial charge in [-0.1, -0.05) is 12.1 Å². The van der Waals surface area contributed by atoms with E-state index in [2.05, 4.69) is 15.3 Å². The van der Waals surface area contributed by atoms with Crippen LogP contribution in [0, 0.1) is 12.7 Å². The zero-order valence-corrected chi connectivity index (χ0v) is 11.4. The summed E-state index contributed by atoms with van der Waals surface area (Å²) in [7, 11) is 0. The Morgan fingerprint density at radius 3 is 2.60 bits per heavy atom. The molecule has 0 radical (unpaired) electrons. The van der Waals surface area contributed by atoms with E-state index in [1.165, 1.54) is 12.1 Å². The van der Waals surface area contributed by atoms with Crippen LogP contribution >= 0.6 is 0 Å². The molecule has 104 valence electrons. The lowest BCUT2D eigenvalue weighted by molar-refractivity contribution is 0.627. The molecule has 0 aliphatic heterocycles. The predicted octanol–water partition coefficient (Wildman–Crippen LogP) is 3.00. The van der Waals surface area contributed by atoms with Crippen LogP contribution in [0.1, 0.15) is 35.7 Å². The highest BCUT2D eigenvalue weighted by molar-refractivity contribution is 5.55. The number of hydrogen-bond acceptors (Lipinski definition) is 4. The van der Waals surface area contributed by atoms with Gasteiger partial charge in [0.05, 0.1) is 0 Å². The largest absolute Gasteiger partial charge is 0.383 e. The number of anilines is 2. The van der Waals surface area contributed by atoms with Gasteiger partial charge in [-0.25, -0.2) is 14.4 Å². The molecule has 3 rings (SSSR count). The first kappa shape index (κ1) is 12.8. The summed E-state index contributed by atoms with van der Waals surface area (Å²) in [5, 5.41) is 3.26. The minimum atomic E-state index is -0.229. The fourth-order valence-corrected chi connectivity index (χ4v) is 2.04. The molecule has 3 N–H and O–H groups in total. The Morgan fingerprint density at radius 2 is 1.95 bits per heavy atom. The summed E-state index contributed by atoms with van der Waals surface area (Å²) in [4.78, 5) is 8.89. The Kier molecular flexibility index (Phi) is 3.26. The van der Waals surface area contributed by atoms with Crippen LogP contribution in [-0.4, -0.2) is 9.97 Å². The van der Waals surface area contributed by atoms with Crippen LogP contribution in [0.5, 0.6) is 0 Å². The highest BCUT2D eigenvalue weighted by atomic mass is 19.1. The van der Waals surface area contributed by atoms with Crippen LogP contribution in [-0.2, 0) is 6.54 Å². The number of aromatic nitrogens is 2. The Hall–Kier alpha value is -2.17. The van der Waals surface area contributed by atoms with E-state index in [4.69, 9.17) is 5.73 Å². The van der Waals surface area contributed by atoms with Gasteiger partial charge >= 0.3 is 0 Å². The third-order valence-electron chi connectivity index (χ3n) is 3.52. The molecule has 1 fully saturated rings. The zero-order chi connectivity index (χ0) is 14.1. The Balaban J connectivity index is 1.77. The maximum Gasteiger partial charge on any atom is 0.136 e. The minimum Gasteiger partial charge on any atom is -0.383 e. The number of nitrogen functional groups attached to an aromatic ring is 1. The molecule has 0 unspecified atom stereocenters. The van der Waals surface area contributed by atoms with Crippen molar-refractivity contribution < 1.29 is 4.39 Å². The smallest absolute Gasteiger partial charge is 0.136 e. The molecule has 1 aliphatic rings. The highest BCUT2D eigenvalue weighted by Crippen LogP contribution is 2.39. The molecular formula is C15H17FN4. The number of benzene rings is 1. The van der Waals surface area contributed by atoms with Crippen molar-refractivity contribution in [2.75, 3.05) is 11.1 Å². The molecule has 1 saturated carbocycles. The van der Waals surface area contributed by atoms with E-state index in [9.17, 15) is 4.39 Å². The number of rotatable bonds is 4. The molecule has 0 saturated heterocycles. The lowest BCUT2D eigenvalue weighted by Crippen LogP contribution is -2.09. The maximum atomic E-state index is 12.9. The quantitative estimate of drug-likeness (QED) is 0.898. The van der Waals surface area contributed by atoms with E-state index in [-0.39, 0.29) is 5.82 Å². The summed E-state index contributed by atoms with van der Waals surface area (Å²) in [6, 6.07) is 6.41. The lowest BCUT2D eigenvalue weighted by Gasteiger charge is -2.12. The molecule has 1 heterocycles. The molecule has 0 amide bonds. The first-order valence-electron chi connectivity index (χ1n) is 6.76. The highest BCUT2D eigenvalue weighted by Gasteiger charge is 2.27. The summed E-state index contributed by atoms with van der Waals surface area (Å²) in [6.45, 7) is 2.49. The van der Waals surface area contributed by atoms with Gasteiger partial charge < -0.3 is 11.1 Å². The van der Waals surface area contributed by atoms with Gasteiger partial charge in [0.15, 0.2) is 0 Å². The topological polar surface area (TPSA) is 63.8 Å². The summed E-state index contributed by atoms with van der Waals surface area (Å²) < 4.78 is 12.9. The van der Waals surface area contributed by atoms with Crippen molar-refractivity contribution in [1.82, 2.24) is 9.97 Å². The van der Waals surface area contributed by atoms with Gasteiger partial charge in [0, 0.05) is 18.0 Å². The third kappa shape index (κ3) is 2.71. The van der Waals surface area contributed by atoms with E-state index >= 15 is 0 Å². The van der Waals surface area contributed by atoms with Gasteiger partial charge in [0.25, 0.3) is 0 Å². The van der Waals surface area contributed by atoms with Gasteiger partial charge in [-0.05, 0) is 37.5 Å². The van der Waals surface area contributed by atoms with E-state index < -0.39 is 0 Å². The van der Waals surface area contributed by atoms with Gasteiger partial charge in [-0.3, -0.25) is 0 Å². The number of hydrogen-bond donors (Lipinski definition) is 2. The van der Waals surface area contributed by atoms with E-state index in [1.54, 1.807) is 12.1 Å². The third-order valence-corrected chi connectivity index (χ3v) is 3.52. The average Bonchev–Trinajstić information content (AvgIpc) is 3.26. The summed E-state index contributed by atoms with van der Waals surface area (Å²) in [5.41, 5.74) is 7.79. The molecular weight excluding hydrogens is 255 g/mol. The number of nitrogens with zero attached hydrogens (tertiary/aromatic N) is 2. The number of halogens is 1. The van der Waals surface area contributed by atoms with Gasteiger partial charge in [-0.2, -0.15) is 0 Å². The Morgan fingerprint density at radius 1 is 1.25 bits per heavy atom. The van der Waals surface area contributed by atoms with Crippen molar-refractivity contribution in [1.29, 1.82) is 0 Å². The van der Waals surface area contributed by atoms with Crippen LogP contribution < -0.4 is 11.1 Å². The molecule has 0 bridgehead atoms. The second-order valence-corrected chi connectivity index (χ2v) is 5.19. The van der Waals surface area contributed by atoms with Gasteiger partial charge in [-0.15, -0.1) is 0 Å². The van der Waals surface area contributed by atoms with Crippen LogP contribution in [0.15, 0.2) is 24.3 Å². The standard InChI is InChI=1S/C15H17FN4/c1-9-13(17)19-15(11-4-5-11)20-14(9)18-8-10-2-6-12(16)7-3-10/h2-3,6-7,11H,4-5,8H2,1H3,(H3,17,18,19,20). The van der Waals surface area contributed by atoms with Crippen LogP contribution in [0.4, 0.5) is 16.0 Å². The van der Waals surface area contributed by atoms with Crippen LogP contribution in [0.25, 0.3) is 0 Å². The molecule has 1 aromatic carbocycles. The molecule has 0 atom stereocenters. The van der Waals surface area contributed by atoms with Crippen molar-refractivity contribution in [3.8, 4) is 0 Å². The van der Waals surface area contributed by atoms with Crippen LogP contribution in [0.3, 0.4) is 0 Å². The monoisotopic (exact) mass is 272 g/mol. The molecule has 20 heavy (non-hydrogen) atoms. The van der Waals surface area contributed by atoms with Crippen molar-refractivity contribution in [2.45, 2.75) is 32.2 Å². The van der Waals surface area contributed by atoms with E-state index in [0.29, 0.717) is 18.3 Å². The molecule has 5 heteroatoms. The maximum absolute atomic E-state index is 12.9. The second kappa shape index (κ2) is 5.07. The second-order valence-electron chi connectivity index (χ2n) is 5.19. The first-order chi connectivity index (χ1) is 9.63. The van der Waals surface area contributed by atoms with Crippen molar-refractivity contribution >= 4 is 11.6 Å². The normalized spacial score (nSPS) is 14.3. The molecule has 1 aliphatic carbocycles. The fourth-order valence-electron chi connectivity index (χ4n) is 2.04. The zero-order valence-electron chi connectivity index (χ0n) is 11.4. The molecule has 0 spiro atoms. The molecule has 2 aromatic rings. The summed E-state index contributed by atoms with van der Waals surface area (Å²) in [6.07, 6.45) is 2.28. The Labute approximate surface area is 117 Å². The fraction of sp³-hybridized carbons (Fsp3) is 0.333.